The molecule has 0 aromatic heterocycles. The minimum atomic E-state index is -0.935. The molecule has 0 bridgehead atoms. The molecule has 6 aromatic carbocycles. The lowest BCUT2D eigenvalue weighted by Crippen LogP contribution is -2.28. The first kappa shape index (κ1) is 47.0. The summed E-state index contributed by atoms with van der Waals surface area (Å²) >= 11 is 0. The van der Waals surface area contributed by atoms with Gasteiger partial charge in [0.25, 0.3) is 0 Å². The lowest BCUT2D eigenvalue weighted by molar-refractivity contribution is 0.412. The second-order valence-electron chi connectivity index (χ2n) is 18.5. The number of ether oxygens (including phenoxy) is 1. The summed E-state index contributed by atoms with van der Waals surface area (Å²) in [6, 6.07) is 19.6. The molecule has 1 heterocycles. The highest BCUT2D eigenvalue weighted by molar-refractivity contribution is 6.14. The van der Waals surface area contributed by atoms with Crippen molar-refractivity contribution < 1.29 is 39.9 Å². The van der Waals surface area contributed by atoms with Crippen LogP contribution in [0.3, 0.4) is 0 Å². The van der Waals surface area contributed by atoms with Crippen molar-refractivity contribution in [1.29, 1.82) is 0 Å². The highest BCUT2D eigenvalue weighted by Crippen LogP contribution is 2.54. The lowest BCUT2D eigenvalue weighted by Gasteiger charge is -2.39. The van der Waals surface area contributed by atoms with E-state index in [1.54, 1.807) is 0 Å². The van der Waals surface area contributed by atoms with Crippen LogP contribution in [0.15, 0.2) is 119 Å². The molecule has 5 nitrogen and oxygen atoms in total. The van der Waals surface area contributed by atoms with Gasteiger partial charge in [-0.1, -0.05) is 67.5 Å². The Morgan fingerprint density at radius 3 is 1.17 bits per heavy atom. The molecule has 0 unspecified atom stereocenters. The number of nitrogens with zero attached hydrogens (tertiary/aromatic N) is 2. The molecule has 0 spiro atoms. The van der Waals surface area contributed by atoms with Gasteiger partial charge < -0.3 is 15.4 Å². The Hall–Kier alpha value is -7.02. The first-order valence-corrected chi connectivity index (χ1v) is 20.9. The Bertz CT molecular complexity index is 2800. The first-order valence-electron chi connectivity index (χ1n) is 20.9. The van der Waals surface area contributed by atoms with Crippen LogP contribution in [0.4, 0.5) is 57.9 Å². The topological polar surface area (TPSA) is 58.0 Å². The van der Waals surface area contributed by atoms with Gasteiger partial charge in [0.2, 0.25) is 0 Å². The monoisotopic (exact) mass is 906 g/mol. The maximum absolute atomic E-state index is 15.1. The van der Waals surface area contributed by atoms with Crippen LogP contribution in [0, 0.1) is 46.5 Å². The molecular weight excluding hydrogens is 861 g/mol. The van der Waals surface area contributed by atoms with E-state index in [0.29, 0.717) is 58.0 Å². The summed E-state index contributed by atoms with van der Waals surface area (Å²) in [6.07, 6.45) is 5.46. The van der Waals surface area contributed by atoms with Crippen molar-refractivity contribution in [2.75, 3.05) is 10.6 Å². The number of aliphatic imine (C=N–C) groups is 2. The fourth-order valence-corrected chi connectivity index (χ4v) is 7.29. The standard InChI is InChI=1S/C53H46F8N4O/c1-51(2,3)31-17-37(29(25-62-45-13-9-33(54)21-41(45)58)26-63-46-14-10-34(55)22-42(46)59)49-39(19-31)53(7,8)40-20-32(52(4,5)6)18-38(50(40)66-49)30(27-64-47-15-11-35(56)23-43(47)60)28-65-48-16-12-36(57)24-44(48)61/h9-28,62,64H,1-8H3/b29-25+,30-27+,63-26?,65-28?. The van der Waals surface area contributed by atoms with E-state index >= 15 is 17.6 Å². The molecule has 1 aliphatic heterocycles. The van der Waals surface area contributed by atoms with E-state index in [4.69, 9.17) is 4.74 Å². The number of rotatable bonds is 10. The Labute approximate surface area is 378 Å². The molecule has 0 aliphatic carbocycles. The zero-order valence-electron chi connectivity index (χ0n) is 37.4. The zero-order valence-corrected chi connectivity index (χ0v) is 37.4. The molecule has 7 rings (SSSR count). The normalized spacial score (nSPS) is 14.1. The van der Waals surface area contributed by atoms with E-state index in [1.165, 1.54) is 49.1 Å². The zero-order chi connectivity index (χ0) is 47.9. The van der Waals surface area contributed by atoms with Crippen molar-refractivity contribution in [3.05, 3.63) is 189 Å². The van der Waals surface area contributed by atoms with Crippen molar-refractivity contribution in [3.63, 3.8) is 0 Å². The Balaban J connectivity index is 1.50. The van der Waals surface area contributed by atoms with Gasteiger partial charge in [0.15, 0.2) is 11.6 Å². The fraction of sp³-hybridized carbons (Fsp3) is 0.208. The van der Waals surface area contributed by atoms with Crippen molar-refractivity contribution in [1.82, 2.24) is 0 Å². The van der Waals surface area contributed by atoms with Gasteiger partial charge in [0, 0.05) is 87.9 Å². The molecule has 6 aromatic rings. The van der Waals surface area contributed by atoms with Gasteiger partial charge >= 0.3 is 0 Å². The van der Waals surface area contributed by atoms with E-state index in [9.17, 15) is 17.6 Å². The number of hydrogen-bond donors (Lipinski definition) is 2. The number of benzene rings is 6. The molecule has 0 saturated carbocycles. The van der Waals surface area contributed by atoms with Crippen LogP contribution in [-0.4, -0.2) is 12.4 Å². The number of anilines is 2. The van der Waals surface area contributed by atoms with Gasteiger partial charge in [0.05, 0.1) is 22.7 Å². The number of halogens is 8. The predicted octanol–water partition coefficient (Wildman–Crippen LogP) is 15.5. The first-order chi connectivity index (χ1) is 31.0. The van der Waals surface area contributed by atoms with Gasteiger partial charge in [-0.25, -0.2) is 35.1 Å². The third-order valence-electron chi connectivity index (χ3n) is 11.2. The smallest absolute Gasteiger partial charge is 0.151 e. The Kier molecular flexibility index (Phi) is 12.9. The molecule has 0 amide bonds. The van der Waals surface area contributed by atoms with Gasteiger partial charge in [-0.3, -0.25) is 9.98 Å². The molecule has 2 N–H and O–H groups in total. The van der Waals surface area contributed by atoms with Gasteiger partial charge in [-0.2, -0.15) is 0 Å². The quantitative estimate of drug-likeness (QED) is 0.106. The second-order valence-corrected chi connectivity index (χ2v) is 18.5. The predicted molar refractivity (Wildman–Crippen MR) is 247 cm³/mol. The minimum Gasteiger partial charge on any atom is -0.455 e. The molecule has 0 saturated heterocycles. The second kappa shape index (κ2) is 18.1. The van der Waals surface area contributed by atoms with E-state index < -0.39 is 62.8 Å². The molecular formula is C53H46F8N4O. The summed E-state index contributed by atoms with van der Waals surface area (Å²) < 4.78 is 123. The van der Waals surface area contributed by atoms with E-state index in [2.05, 4.69) is 20.6 Å². The van der Waals surface area contributed by atoms with Crippen LogP contribution in [0.1, 0.15) is 88.8 Å². The summed E-state index contributed by atoms with van der Waals surface area (Å²) in [6.45, 7) is 16.1. The summed E-state index contributed by atoms with van der Waals surface area (Å²) in [5.41, 5.74) is 2.05. The van der Waals surface area contributed by atoms with Crippen LogP contribution < -0.4 is 15.4 Å². The van der Waals surface area contributed by atoms with Crippen molar-refractivity contribution in [2.45, 2.75) is 71.6 Å². The SMILES string of the molecule is CC(C)(C)c1cc(/C(C=Nc2ccc(F)cc2F)=C/Nc2ccc(F)cc2F)c2c(c1)C(C)(C)c1cc(C(C)(C)C)cc(/C(C=Nc3ccc(F)cc3F)=C/Nc3ccc(F)cc3F)c1O2. The minimum absolute atomic E-state index is 0.0866. The van der Waals surface area contributed by atoms with Crippen LogP contribution in [0.5, 0.6) is 11.5 Å². The van der Waals surface area contributed by atoms with Crippen molar-refractivity contribution in [3.8, 4) is 11.5 Å². The van der Waals surface area contributed by atoms with Gasteiger partial charge in [-0.05, 0) is 82.6 Å². The molecule has 340 valence electrons. The maximum atomic E-state index is 15.1. The molecule has 0 fully saturated rings. The number of fused-ring (bicyclic) bond motifs is 2. The maximum Gasteiger partial charge on any atom is 0.151 e. The average Bonchev–Trinajstić information content (AvgIpc) is 3.22. The highest BCUT2D eigenvalue weighted by atomic mass is 19.2. The number of allylic oxidation sites excluding steroid dienone is 2. The molecule has 13 heteroatoms. The van der Waals surface area contributed by atoms with Crippen LogP contribution in [-0.2, 0) is 16.2 Å². The molecule has 0 atom stereocenters. The molecule has 0 radical (unpaired) electrons. The summed E-state index contributed by atoms with van der Waals surface area (Å²) in [7, 11) is 0. The fourth-order valence-electron chi connectivity index (χ4n) is 7.29. The molecule has 66 heavy (non-hydrogen) atoms. The summed E-state index contributed by atoms with van der Waals surface area (Å²) in [5, 5.41) is 5.78. The largest absolute Gasteiger partial charge is 0.455 e. The van der Waals surface area contributed by atoms with Gasteiger partial charge in [0.1, 0.15) is 46.4 Å². The van der Waals surface area contributed by atoms with E-state index in [-0.39, 0.29) is 33.9 Å². The lowest BCUT2D eigenvalue weighted by atomic mass is 9.70. The van der Waals surface area contributed by atoms with Crippen molar-refractivity contribution >= 4 is 46.3 Å². The molecule has 1 aliphatic rings. The van der Waals surface area contributed by atoms with Crippen LogP contribution in [0.25, 0.3) is 11.1 Å². The third kappa shape index (κ3) is 10.1. The van der Waals surface area contributed by atoms with E-state index in [0.717, 1.165) is 35.4 Å². The number of hydrogen-bond acceptors (Lipinski definition) is 5. The summed E-state index contributed by atoms with van der Waals surface area (Å²) in [4.78, 5) is 8.76. The Morgan fingerprint density at radius 1 is 0.485 bits per heavy atom. The highest BCUT2D eigenvalue weighted by Gasteiger charge is 2.40. The van der Waals surface area contributed by atoms with Crippen LogP contribution in [0.2, 0.25) is 0 Å². The van der Waals surface area contributed by atoms with Crippen LogP contribution >= 0.6 is 0 Å². The van der Waals surface area contributed by atoms with Gasteiger partial charge in [-0.15, -0.1) is 0 Å². The third-order valence-corrected chi connectivity index (χ3v) is 11.2. The Morgan fingerprint density at radius 2 is 0.833 bits per heavy atom. The number of nitrogens with one attached hydrogen (secondary N) is 2. The average molecular weight is 907 g/mol. The summed E-state index contributed by atoms with van der Waals surface area (Å²) in [5.74, 6) is -6.22. The van der Waals surface area contributed by atoms with E-state index in [1.807, 2.05) is 79.7 Å². The van der Waals surface area contributed by atoms with Crippen molar-refractivity contribution in [2.24, 2.45) is 9.98 Å².